The molecule has 0 amide bonds. The molecular formula is C21H20N6O3. The predicted octanol–water partition coefficient (Wildman–Crippen LogP) is 3.15. The Kier molecular flexibility index (Phi) is 5.41. The van der Waals surface area contributed by atoms with Crippen molar-refractivity contribution in [2.24, 2.45) is 0 Å². The molecule has 1 fully saturated rings. The molecule has 0 N–H and O–H groups in total. The van der Waals surface area contributed by atoms with E-state index < -0.39 is 4.92 Å². The number of benzene rings is 2. The van der Waals surface area contributed by atoms with Crippen molar-refractivity contribution in [1.82, 2.24) is 15.0 Å². The molecule has 0 aliphatic carbocycles. The molecule has 152 valence electrons. The van der Waals surface area contributed by atoms with Crippen molar-refractivity contribution in [3.05, 3.63) is 69.6 Å². The molecule has 1 aromatic heterocycles. The van der Waals surface area contributed by atoms with Crippen LogP contribution < -0.4 is 4.90 Å². The number of anilines is 1. The molecule has 0 saturated carbocycles. The van der Waals surface area contributed by atoms with E-state index in [1.165, 1.54) is 17.7 Å². The van der Waals surface area contributed by atoms with Crippen LogP contribution in [0.1, 0.15) is 17.0 Å². The van der Waals surface area contributed by atoms with Crippen molar-refractivity contribution in [3.8, 4) is 17.5 Å². The number of hydrogen-bond acceptors (Lipinski definition) is 8. The van der Waals surface area contributed by atoms with Crippen molar-refractivity contribution in [2.75, 3.05) is 31.1 Å². The topological polar surface area (TPSA) is 112 Å². The van der Waals surface area contributed by atoms with E-state index in [1.54, 1.807) is 6.07 Å². The van der Waals surface area contributed by atoms with Gasteiger partial charge in [-0.15, -0.1) is 0 Å². The van der Waals surface area contributed by atoms with Crippen molar-refractivity contribution in [2.45, 2.75) is 13.5 Å². The van der Waals surface area contributed by atoms with Crippen molar-refractivity contribution in [1.29, 1.82) is 5.26 Å². The molecule has 0 atom stereocenters. The molecule has 9 heteroatoms. The maximum Gasteiger partial charge on any atom is 0.292 e. The lowest BCUT2D eigenvalue weighted by Gasteiger charge is -2.35. The molecule has 0 radical (unpaired) electrons. The summed E-state index contributed by atoms with van der Waals surface area (Å²) in [6, 6.07) is 14.4. The molecule has 1 aliphatic rings. The first-order chi connectivity index (χ1) is 14.5. The van der Waals surface area contributed by atoms with Gasteiger partial charge < -0.3 is 9.42 Å². The van der Waals surface area contributed by atoms with Gasteiger partial charge in [-0.05, 0) is 19.1 Å². The first-order valence-electron chi connectivity index (χ1n) is 9.59. The average Bonchev–Trinajstić information content (AvgIpc) is 3.22. The second kappa shape index (κ2) is 8.31. The van der Waals surface area contributed by atoms with Gasteiger partial charge in [0, 0.05) is 37.8 Å². The average molecular weight is 404 g/mol. The van der Waals surface area contributed by atoms with Crippen molar-refractivity contribution in [3.63, 3.8) is 0 Å². The number of piperazine rings is 1. The summed E-state index contributed by atoms with van der Waals surface area (Å²) in [7, 11) is 0. The van der Waals surface area contributed by atoms with Gasteiger partial charge in [0.05, 0.1) is 23.1 Å². The summed E-state index contributed by atoms with van der Waals surface area (Å²) in [6.45, 7) is 5.14. The minimum atomic E-state index is -0.409. The van der Waals surface area contributed by atoms with Gasteiger partial charge >= 0.3 is 0 Å². The Morgan fingerprint density at radius 3 is 2.57 bits per heavy atom. The van der Waals surface area contributed by atoms with E-state index >= 15 is 0 Å². The minimum Gasteiger partial charge on any atom is -0.363 e. The van der Waals surface area contributed by atoms with Crippen LogP contribution in [-0.2, 0) is 6.54 Å². The molecule has 2 aromatic carbocycles. The summed E-state index contributed by atoms with van der Waals surface area (Å²) in [5, 5.41) is 24.6. The Hall–Kier alpha value is -3.77. The predicted molar refractivity (Wildman–Crippen MR) is 110 cm³/mol. The SMILES string of the molecule is Cc1ccc(-c2noc(CN3CCN(c4cc(C#N)ccc4[N+](=O)[O-])CC3)n2)cc1. The van der Waals surface area contributed by atoms with Crippen LogP contribution in [0.2, 0.25) is 0 Å². The van der Waals surface area contributed by atoms with Crippen LogP contribution in [0.3, 0.4) is 0 Å². The van der Waals surface area contributed by atoms with Crippen LogP contribution in [0.15, 0.2) is 47.0 Å². The first-order valence-corrected chi connectivity index (χ1v) is 9.59. The van der Waals surface area contributed by atoms with Gasteiger partial charge in [0.15, 0.2) is 0 Å². The number of nitro groups is 1. The Morgan fingerprint density at radius 1 is 1.17 bits per heavy atom. The lowest BCUT2D eigenvalue weighted by molar-refractivity contribution is -0.384. The molecule has 1 aliphatic heterocycles. The molecule has 0 unspecified atom stereocenters. The highest BCUT2D eigenvalue weighted by molar-refractivity contribution is 5.66. The highest BCUT2D eigenvalue weighted by Crippen LogP contribution is 2.30. The van der Waals surface area contributed by atoms with Crippen LogP contribution in [-0.4, -0.2) is 46.1 Å². The van der Waals surface area contributed by atoms with Gasteiger partial charge in [0.1, 0.15) is 5.69 Å². The standard InChI is InChI=1S/C21H20N6O3/c1-15-2-5-17(6-3-15)21-23-20(30-24-21)14-25-8-10-26(11-9-25)19-12-16(13-22)4-7-18(19)27(28)29/h2-7,12H,8-11,14H2,1H3. The maximum atomic E-state index is 11.4. The fourth-order valence-electron chi connectivity index (χ4n) is 3.48. The zero-order chi connectivity index (χ0) is 21.1. The minimum absolute atomic E-state index is 0.0158. The Labute approximate surface area is 173 Å². The summed E-state index contributed by atoms with van der Waals surface area (Å²) < 4.78 is 5.40. The molecule has 1 saturated heterocycles. The Bertz CT molecular complexity index is 1090. The Morgan fingerprint density at radius 2 is 1.90 bits per heavy atom. The molecule has 0 spiro atoms. The second-order valence-corrected chi connectivity index (χ2v) is 7.21. The van der Waals surface area contributed by atoms with Crippen molar-refractivity contribution < 1.29 is 9.45 Å². The van der Waals surface area contributed by atoms with E-state index in [-0.39, 0.29) is 5.69 Å². The fourth-order valence-corrected chi connectivity index (χ4v) is 3.48. The monoisotopic (exact) mass is 404 g/mol. The largest absolute Gasteiger partial charge is 0.363 e. The molecule has 2 heterocycles. The normalized spacial score (nSPS) is 14.5. The van der Waals surface area contributed by atoms with E-state index in [1.807, 2.05) is 42.2 Å². The number of nitro benzene ring substituents is 1. The molecule has 9 nitrogen and oxygen atoms in total. The third-order valence-corrected chi connectivity index (χ3v) is 5.15. The zero-order valence-electron chi connectivity index (χ0n) is 16.5. The van der Waals surface area contributed by atoms with Gasteiger partial charge in [0.2, 0.25) is 11.7 Å². The third-order valence-electron chi connectivity index (χ3n) is 5.15. The van der Waals surface area contributed by atoms with Gasteiger partial charge in [0.25, 0.3) is 5.69 Å². The van der Waals surface area contributed by atoms with E-state index in [4.69, 9.17) is 9.78 Å². The summed E-state index contributed by atoms with van der Waals surface area (Å²) in [5.74, 6) is 1.10. The van der Waals surface area contributed by atoms with Gasteiger partial charge in [-0.2, -0.15) is 10.2 Å². The summed E-state index contributed by atoms with van der Waals surface area (Å²) in [6.07, 6.45) is 0. The fraction of sp³-hybridized carbons (Fsp3) is 0.286. The molecule has 3 aromatic rings. The van der Waals surface area contributed by atoms with E-state index in [9.17, 15) is 10.1 Å². The van der Waals surface area contributed by atoms with E-state index in [0.29, 0.717) is 55.7 Å². The lowest BCUT2D eigenvalue weighted by atomic mass is 10.1. The number of hydrogen-bond donors (Lipinski definition) is 0. The summed E-state index contributed by atoms with van der Waals surface area (Å²) in [5.41, 5.74) is 2.98. The third kappa shape index (κ3) is 4.14. The lowest BCUT2D eigenvalue weighted by Crippen LogP contribution is -2.46. The number of aromatic nitrogens is 2. The molecular weight excluding hydrogens is 384 g/mol. The van der Waals surface area contributed by atoms with Crippen LogP contribution in [0.25, 0.3) is 11.4 Å². The summed E-state index contributed by atoms with van der Waals surface area (Å²) in [4.78, 5) is 19.6. The van der Waals surface area contributed by atoms with Gasteiger partial charge in [-0.25, -0.2) is 0 Å². The zero-order valence-corrected chi connectivity index (χ0v) is 16.5. The van der Waals surface area contributed by atoms with E-state index in [2.05, 4.69) is 15.0 Å². The van der Waals surface area contributed by atoms with Crippen LogP contribution >= 0.6 is 0 Å². The highest BCUT2D eigenvalue weighted by atomic mass is 16.6. The number of nitriles is 1. The number of aryl methyl sites for hydroxylation is 1. The highest BCUT2D eigenvalue weighted by Gasteiger charge is 2.25. The van der Waals surface area contributed by atoms with E-state index in [0.717, 1.165) is 5.56 Å². The smallest absolute Gasteiger partial charge is 0.292 e. The van der Waals surface area contributed by atoms with Gasteiger partial charge in [-0.3, -0.25) is 15.0 Å². The first kappa shape index (κ1) is 19.5. The summed E-state index contributed by atoms with van der Waals surface area (Å²) >= 11 is 0. The number of nitrogens with zero attached hydrogens (tertiary/aromatic N) is 6. The molecule has 4 rings (SSSR count). The number of rotatable bonds is 5. The quantitative estimate of drug-likeness (QED) is 0.471. The van der Waals surface area contributed by atoms with Crippen LogP contribution in [0.5, 0.6) is 0 Å². The Balaban J connectivity index is 1.41. The second-order valence-electron chi connectivity index (χ2n) is 7.21. The molecule has 0 bridgehead atoms. The maximum absolute atomic E-state index is 11.4. The van der Waals surface area contributed by atoms with Gasteiger partial charge in [-0.1, -0.05) is 35.0 Å². The van der Waals surface area contributed by atoms with Crippen LogP contribution in [0, 0.1) is 28.4 Å². The van der Waals surface area contributed by atoms with Crippen LogP contribution in [0.4, 0.5) is 11.4 Å². The van der Waals surface area contributed by atoms with Crippen molar-refractivity contribution >= 4 is 11.4 Å². The molecule has 30 heavy (non-hydrogen) atoms.